The van der Waals surface area contributed by atoms with Crippen LogP contribution in [-0.2, 0) is 6.42 Å². The first-order valence-electron chi connectivity index (χ1n) is 4.94. The Kier molecular flexibility index (Phi) is 2.13. The van der Waals surface area contributed by atoms with Gasteiger partial charge in [0.05, 0.1) is 5.69 Å². The molecule has 0 N–H and O–H groups in total. The van der Waals surface area contributed by atoms with Crippen molar-refractivity contribution < 1.29 is 4.79 Å². The predicted molar refractivity (Wildman–Crippen MR) is 65.4 cm³/mol. The Morgan fingerprint density at radius 3 is 3.06 bits per heavy atom. The van der Waals surface area contributed by atoms with Gasteiger partial charge in [0.2, 0.25) is 0 Å². The van der Waals surface area contributed by atoms with Crippen LogP contribution >= 0.6 is 22.9 Å². The van der Waals surface area contributed by atoms with Crippen LogP contribution in [0.5, 0.6) is 0 Å². The summed E-state index contributed by atoms with van der Waals surface area (Å²) in [4.78, 5) is 16.8. The number of carbonyl (C=O) groups is 1. The first-order chi connectivity index (χ1) is 7.65. The van der Waals surface area contributed by atoms with E-state index in [1.54, 1.807) is 6.92 Å². The molecule has 0 saturated carbocycles. The van der Waals surface area contributed by atoms with Gasteiger partial charge in [0.1, 0.15) is 0 Å². The van der Waals surface area contributed by atoms with Crippen molar-refractivity contribution in [3.05, 3.63) is 38.7 Å². The lowest BCUT2D eigenvalue weighted by Gasteiger charge is -1.98. The number of benzene rings is 1. The van der Waals surface area contributed by atoms with E-state index in [9.17, 15) is 4.79 Å². The number of nitrogens with zero attached hydrogens (tertiary/aromatic N) is 1. The highest BCUT2D eigenvalue weighted by Crippen LogP contribution is 2.40. The van der Waals surface area contributed by atoms with Gasteiger partial charge in [-0.1, -0.05) is 17.7 Å². The maximum absolute atomic E-state index is 11.2. The normalized spacial score (nSPS) is 12.4. The van der Waals surface area contributed by atoms with E-state index in [0.717, 1.165) is 22.7 Å². The maximum atomic E-state index is 11.2. The third kappa shape index (κ3) is 1.39. The van der Waals surface area contributed by atoms with E-state index in [0.29, 0.717) is 5.01 Å². The number of thiazole rings is 1. The fraction of sp³-hybridized carbons (Fsp3) is 0.167. The molecule has 1 aromatic heterocycles. The fourth-order valence-corrected chi connectivity index (χ4v) is 3.13. The van der Waals surface area contributed by atoms with Crippen LogP contribution in [0.25, 0.3) is 11.3 Å². The van der Waals surface area contributed by atoms with E-state index in [2.05, 4.69) is 4.98 Å². The number of ketones is 1. The predicted octanol–water partition coefficient (Wildman–Crippen LogP) is 3.57. The van der Waals surface area contributed by atoms with E-state index in [1.807, 2.05) is 18.2 Å². The summed E-state index contributed by atoms with van der Waals surface area (Å²) < 4.78 is 0. The zero-order valence-electron chi connectivity index (χ0n) is 8.58. The molecule has 3 rings (SSSR count). The summed E-state index contributed by atoms with van der Waals surface area (Å²) in [5.74, 6) is 0.0370. The van der Waals surface area contributed by atoms with Gasteiger partial charge in [0.15, 0.2) is 10.8 Å². The highest BCUT2D eigenvalue weighted by atomic mass is 35.5. The van der Waals surface area contributed by atoms with Crippen LogP contribution in [0.3, 0.4) is 0 Å². The third-order valence-corrected chi connectivity index (χ3v) is 4.06. The number of rotatable bonds is 1. The molecule has 2 nitrogen and oxygen atoms in total. The van der Waals surface area contributed by atoms with E-state index in [4.69, 9.17) is 11.6 Å². The van der Waals surface area contributed by atoms with Gasteiger partial charge in [-0.3, -0.25) is 4.79 Å². The minimum absolute atomic E-state index is 0.0370. The lowest BCUT2D eigenvalue weighted by Crippen LogP contribution is -1.90. The summed E-state index contributed by atoms with van der Waals surface area (Å²) in [7, 11) is 0. The summed E-state index contributed by atoms with van der Waals surface area (Å²) in [6.07, 6.45) is 0.843. The lowest BCUT2D eigenvalue weighted by molar-refractivity contribution is 0.101. The van der Waals surface area contributed by atoms with Crippen molar-refractivity contribution in [3.63, 3.8) is 0 Å². The smallest absolute Gasteiger partial charge is 0.188 e. The van der Waals surface area contributed by atoms with Crippen LogP contribution < -0.4 is 0 Å². The van der Waals surface area contributed by atoms with Gasteiger partial charge in [-0.15, -0.1) is 11.3 Å². The number of Topliss-reactive ketones (excluding diaryl/α,β-unsaturated/α-hetero) is 1. The van der Waals surface area contributed by atoms with Crippen LogP contribution in [0.2, 0.25) is 5.02 Å². The van der Waals surface area contributed by atoms with Gasteiger partial charge in [-0.2, -0.15) is 0 Å². The van der Waals surface area contributed by atoms with Gasteiger partial charge in [-0.05, 0) is 17.7 Å². The average molecular weight is 250 g/mol. The molecule has 0 atom stereocenters. The van der Waals surface area contributed by atoms with E-state index in [1.165, 1.54) is 21.8 Å². The Morgan fingerprint density at radius 1 is 1.50 bits per heavy atom. The molecular weight excluding hydrogens is 242 g/mol. The maximum Gasteiger partial charge on any atom is 0.188 e. The molecule has 2 aromatic rings. The Morgan fingerprint density at radius 2 is 2.31 bits per heavy atom. The molecule has 4 heteroatoms. The molecule has 1 heterocycles. The lowest BCUT2D eigenvalue weighted by atomic mass is 10.1. The highest BCUT2D eigenvalue weighted by Gasteiger charge is 2.24. The highest BCUT2D eigenvalue weighted by molar-refractivity contribution is 7.14. The number of carbonyl (C=O) groups excluding carboxylic acids is 1. The SMILES string of the molecule is CC(=O)c1nc2c(s1)Cc1cc(Cl)ccc1-2. The second-order valence-electron chi connectivity index (χ2n) is 3.83. The monoisotopic (exact) mass is 249 g/mol. The van der Waals surface area contributed by atoms with Crippen molar-refractivity contribution in [1.29, 1.82) is 0 Å². The second kappa shape index (κ2) is 3.40. The second-order valence-corrected chi connectivity index (χ2v) is 5.35. The van der Waals surface area contributed by atoms with Crippen LogP contribution in [0.4, 0.5) is 0 Å². The molecule has 0 saturated heterocycles. The molecule has 1 aromatic carbocycles. The molecular formula is C12H8ClNOS. The van der Waals surface area contributed by atoms with Crippen molar-refractivity contribution in [3.8, 4) is 11.3 Å². The molecule has 0 fully saturated rings. The van der Waals surface area contributed by atoms with Crippen molar-refractivity contribution in [2.75, 3.05) is 0 Å². The molecule has 0 unspecified atom stereocenters. The quantitative estimate of drug-likeness (QED) is 0.617. The zero-order valence-corrected chi connectivity index (χ0v) is 10.2. The zero-order chi connectivity index (χ0) is 11.3. The number of halogens is 1. The summed E-state index contributed by atoms with van der Waals surface area (Å²) >= 11 is 7.43. The minimum atomic E-state index is 0.0370. The standard InChI is InChI=1S/C12H8ClNOS/c1-6(15)12-14-11-9-3-2-8(13)4-7(9)5-10(11)16-12/h2-4H,5H2,1H3. The number of hydrogen-bond donors (Lipinski definition) is 0. The minimum Gasteiger partial charge on any atom is -0.292 e. The first kappa shape index (κ1) is 10.00. The summed E-state index contributed by atoms with van der Waals surface area (Å²) in [6, 6.07) is 5.81. The van der Waals surface area contributed by atoms with Crippen LogP contribution in [0.1, 0.15) is 27.2 Å². The third-order valence-electron chi connectivity index (χ3n) is 2.67. The molecule has 0 spiro atoms. The van der Waals surface area contributed by atoms with Crippen LogP contribution in [0.15, 0.2) is 18.2 Å². The Hall–Kier alpha value is -1.19. The molecule has 1 aliphatic carbocycles. The Bertz CT molecular complexity index is 603. The molecule has 0 radical (unpaired) electrons. The largest absolute Gasteiger partial charge is 0.292 e. The molecule has 16 heavy (non-hydrogen) atoms. The number of fused-ring (bicyclic) bond motifs is 3. The van der Waals surface area contributed by atoms with Crippen molar-refractivity contribution in [2.45, 2.75) is 13.3 Å². The van der Waals surface area contributed by atoms with E-state index in [-0.39, 0.29) is 5.78 Å². The van der Waals surface area contributed by atoms with Crippen molar-refractivity contribution in [2.24, 2.45) is 0 Å². The van der Waals surface area contributed by atoms with Gasteiger partial charge in [0, 0.05) is 28.8 Å². The van der Waals surface area contributed by atoms with Gasteiger partial charge >= 0.3 is 0 Å². The number of hydrogen-bond acceptors (Lipinski definition) is 3. The van der Waals surface area contributed by atoms with Crippen LogP contribution in [0, 0.1) is 0 Å². The molecule has 0 aliphatic heterocycles. The van der Waals surface area contributed by atoms with Gasteiger partial charge in [0.25, 0.3) is 0 Å². The molecule has 0 bridgehead atoms. The topological polar surface area (TPSA) is 30.0 Å². The summed E-state index contributed by atoms with van der Waals surface area (Å²) in [6.45, 7) is 1.55. The molecule has 1 aliphatic rings. The van der Waals surface area contributed by atoms with Crippen molar-refractivity contribution >= 4 is 28.7 Å². The van der Waals surface area contributed by atoms with Gasteiger partial charge in [-0.25, -0.2) is 4.98 Å². The first-order valence-corrected chi connectivity index (χ1v) is 6.14. The molecule has 0 amide bonds. The van der Waals surface area contributed by atoms with Crippen molar-refractivity contribution in [1.82, 2.24) is 4.98 Å². The van der Waals surface area contributed by atoms with E-state index >= 15 is 0 Å². The number of aromatic nitrogens is 1. The fourth-order valence-electron chi connectivity index (χ4n) is 1.95. The molecule has 80 valence electrons. The average Bonchev–Trinajstić information content (AvgIpc) is 2.73. The summed E-state index contributed by atoms with van der Waals surface area (Å²) in [5, 5.41) is 1.35. The van der Waals surface area contributed by atoms with Crippen LogP contribution in [-0.4, -0.2) is 10.8 Å². The Balaban J connectivity index is 2.16. The summed E-state index contributed by atoms with van der Waals surface area (Å²) in [5.41, 5.74) is 3.28. The Labute approximate surface area is 102 Å². The van der Waals surface area contributed by atoms with Gasteiger partial charge < -0.3 is 0 Å². The van der Waals surface area contributed by atoms with E-state index < -0.39 is 0 Å².